The van der Waals surface area contributed by atoms with Crippen molar-refractivity contribution in [2.75, 3.05) is 38.3 Å². The van der Waals surface area contributed by atoms with Crippen molar-refractivity contribution in [3.63, 3.8) is 0 Å². The van der Waals surface area contributed by atoms with Crippen LogP contribution in [-0.2, 0) is 9.57 Å². The number of nitrogens with zero attached hydrogens (tertiary/aromatic N) is 5. The molecule has 0 saturated carbocycles. The van der Waals surface area contributed by atoms with Gasteiger partial charge in [0.15, 0.2) is 11.6 Å². The van der Waals surface area contributed by atoms with E-state index in [1.165, 1.54) is 7.11 Å². The number of hydrogen-bond acceptors (Lipinski definition) is 7. The number of pyridine rings is 1. The summed E-state index contributed by atoms with van der Waals surface area (Å²) in [5.41, 5.74) is 3.35. The van der Waals surface area contributed by atoms with Gasteiger partial charge in [-0.2, -0.15) is 0 Å². The van der Waals surface area contributed by atoms with E-state index in [1.807, 2.05) is 50.2 Å². The van der Waals surface area contributed by atoms with Gasteiger partial charge in [-0.15, -0.1) is 0 Å². The Labute approximate surface area is 165 Å². The highest BCUT2D eigenvalue weighted by Crippen LogP contribution is 2.27. The molecule has 1 saturated heterocycles. The van der Waals surface area contributed by atoms with Crippen LogP contribution in [0.25, 0.3) is 22.4 Å². The summed E-state index contributed by atoms with van der Waals surface area (Å²) in [5.74, 6) is 1.52. The number of morpholine rings is 1. The average molecular weight is 379 g/mol. The molecule has 1 aliphatic rings. The normalized spacial score (nSPS) is 14.0. The van der Waals surface area contributed by atoms with Gasteiger partial charge in [-0.1, -0.05) is 49.3 Å². The van der Waals surface area contributed by atoms with Crippen molar-refractivity contribution in [1.29, 1.82) is 0 Å². The second-order valence-corrected chi connectivity index (χ2v) is 5.89. The first-order valence-corrected chi connectivity index (χ1v) is 9.47. The first-order valence-electron chi connectivity index (χ1n) is 9.47. The monoisotopic (exact) mass is 379 g/mol. The van der Waals surface area contributed by atoms with Crippen molar-refractivity contribution < 1.29 is 9.57 Å². The van der Waals surface area contributed by atoms with Crippen LogP contribution in [0, 0.1) is 0 Å². The Morgan fingerprint density at radius 2 is 1.86 bits per heavy atom. The lowest BCUT2D eigenvalue weighted by atomic mass is 10.2. The molecule has 7 nitrogen and oxygen atoms in total. The van der Waals surface area contributed by atoms with Gasteiger partial charge in [-0.25, -0.2) is 9.97 Å². The van der Waals surface area contributed by atoms with E-state index >= 15 is 0 Å². The molecule has 0 N–H and O–H groups in total. The number of fused-ring (bicyclic) bond motifs is 1. The van der Waals surface area contributed by atoms with Crippen LogP contribution in [0.3, 0.4) is 0 Å². The number of hydrogen-bond donors (Lipinski definition) is 0. The fourth-order valence-electron chi connectivity index (χ4n) is 2.91. The summed E-state index contributed by atoms with van der Waals surface area (Å²) in [4.78, 5) is 21.1. The van der Waals surface area contributed by atoms with Gasteiger partial charge < -0.3 is 14.5 Å². The number of aromatic nitrogens is 3. The second kappa shape index (κ2) is 9.75. The summed E-state index contributed by atoms with van der Waals surface area (Å²) < 4.78 is 5.47. The number of benzene rings is 1. The van der Waals surface area contributed by atoms with Crippen molar-refractivity contribution in [3.8, 4) is 11.4 Å². The fraction of sp³-hybridized carbons (Fsp3) is 0.333. The Hall–Kier alpha value is -3.06. The van der Waals surface area contributed by atoms with Crippen molar-refractivity contribution in [2.24, 2.45) is 5.16 Å². The molecular weight excluding hydrogens is 354 g/mol. The summed E-state index contributed by atoms with van der Waals surface area (Å²) in [5, 5.41) is 3.81. The molecule has 1 fully saturated rings. The van der Waals surface area contributed by atoms with Crippen molar-refractivity contribution in [3.05, 3.63) is 48.2 Å². The first kappa shape index (κ1) is 19.7. The van der Waals surface area contributed by atoms with E-state index in [1.54, 1.807) is 12.4 Å². The van der Waals surface area contributed by atoms with Crippen LogP contribution in [0.5, 0.6) is 0 Å². The van der Waals surface area contributed by atoms with E-state index in [2.05, 4.69) is 15.0 Å². The highest BCUT2D eigenvalue weighted by molar-refractivity contribution is 5.91. The molecule has 0 atom stereocenters. The van der Waals surface area contributed by atoms with E-state index in [4.69, 9.17) is 19.5 Å². The molecule has 0 spiro atoms. The third kappa shape index (κ3) is 4.43. The molecule has 0 unspecified atom stereocenters. The Kier molecular flexibility index (Phi) is 6.86. The third-order valence-corrected chi connectivity index (χ3v) is 4.19. The molecule has 146 valence electrons. The molecule has 1 aliphatic heterocycles. The van der Waals surface area contributed by atoms with Gasteiger partial charge in [-0.3, -0.25) is 4.98 Å². The molecule has 7 heteroatoms. The minimum absolute atomic E-state index is 0.683. The van der Waals surface area contributed by atoms with E-state index in [0.717, 1.165) is 41.1 Å². The Morgan fingerprint density at radius 1 is 1.11 bits per heavy atom. The predicted octanol–water partition coefficient (Wildman–Crippen LogP) is 3.53. The van der Waals surface area contributed by atoms with Crippen molar-refractivity contribution in [1.82, 2.24) is 15.0 Å². The summed E-state index contributed by atoms with van der Waals surface area (Å²) in [6, 6.07) is 11.9. The van der Waals surface area contributed by atoms with Gasteiger partial charge in [0.1, 0.15) is 12.6 Å². The van der Waals surface area contributed by atoms with Crippen LogP contribution in [-0.4, -0.2) is 54.6 Å². The molecule has 4 rings (SSSR count). The molecule has 0 bridgehead atoms. The van der Waals surface area contributed by atoms with E-state index in [9.17, 15) is 0 Å². The zero-order valence-electron chi connectivity index (χ0n) is 16.5. The van der Waals surface area contributed by atoms with Crippen LogP contribution in [0.1, 0.15) is 19.4 Å². The lowest BCUT2D eigenvalue weighted by Gasteiger charge is -2.28. The van der Waals surface area contributed by atoms with Gasteiger partial charge in [0.25, 0.3) is 0 Å². The minimum atomic E-state index is 0.683. The second-order valence-electron chi connectivity index (χ2n) is 5.89. The smallest absolute Gasteiger partial charge is 0.162 e. The maximum Gasteiger partial charge on any atom is 0.162 e. The topological polar surface area (TPSA) is 72.7 Å². The number of oxime groups is 1. The molecule has 2 aromatic heterocycles. The Bertz CT molecular complexity index is 925. The minimum Gasteiger partial charge on any atom is -0.399 e. The van der Waals surface area contributed by atoms with Gasteiger partial charge in [0, 0.05) is 30.4 Å². The summed E-state index contributed by atoms with van der Waals surface area (Å²) in [6.07, 6.45) is 3.37. The fourth-order valence-corrected chi connectivity index (χ4v) is 2.91. The Morgan fingerprint density at radius 3 is 2.57 bits per heavy atom. The standard InChI is InChI=1S/C19H19N5O2.C2H6/c1-25-21-13-14-11-16-17(20-12-14)19(24-7-9-26-10-8-24)23-18(22-16)15-5-3-2-4-6-15;1-2/h2-6,11-13H,7-10H2,1H3;1-2H3. The number of rotatable bonds is 4. The predicted molar refractivity (Wildman–Crippen MR) is 112 cm³/mol. The molecule has 28 heavy (non-hydrogen) atoms. The zero-order chi connectivity index (χ0) is 19.8. The van der Waals surface area contributed by atoms with Crippen LogP contribution in [0.2, 0.25) is 0 Å². The zero-order valence-corrected chi connectivity index (χ0v) is 16.5. The van der Waals surface area contributed by atoms with E-state index in [-0.39, 0.29) is 0 Å². The molecule has 1 aromatic carbocycles. The van der Waals surface area contributed by atoms with Crippen molar-refractivity contribution in [2.45, 2.75) is 13.8 Å². The Balaban J connectivity index is 0.00000109. The van der Waals surface area contributed by atoms with Crippen LogP contribution in [0.4, 0.5) is 5.82 Å². The lowest BCUT2D eigenvalue weighted by molar-refractivity contribution is 0.122. The summed E-state index contributed by atoms with van der Waals surface area (Å²) >= 11 is 0. The van der Waals surface area contributed by atoms with Gasteiger partial charge in [0.2, 0.25) is 0 Å². The number of anilines is 1. The number of ether oxygens (including phenoxy) is 1. The molecular formula is C21H25N5O2. The molecule has 0 amide bonds. The van der Waals surface area contributed by atoms with Crippen LogP contribution in [0.15, 0.2) is 47.8 Å². The highest BCUT2D eigenvalue weighted by Gasteiger charge is 2.19. The lowest BCUT2D eigenvalue weighted by Crippen LogP contribution is -2.37. The van der Waals surface area contributed by atoms with E-state index < -0.39 is 0 Å². The van der Waals surface area contributed by atoms with E-state index in [0.29, 0.717) is 19.0 Å². The quantitative estimate of drug-likeness (QED) is 0.510. The van der Waals surface area contributed by atoms with Crippen LogP contribution < -0.4 is 4.90 Å². The van der Waals surface area contributed by atoms with Gasteiger partial charge in [-0.05, 0) is 6.07 Å². The third-order valence-electron chi connectivity index (χ3n) is 4.19. The molecule has 3 heterocycles. The average Bonchev–Trinajstić information content (AvgIpc) is 2.79. The van der Waals surface area contributed by atoms with Crippen LogP contribution >= 0.6 is 0 Å². The highest BCUT2D eigenvalue weighted by atomic mass is 16.6. The van der Waals surface area contributed by atoms with Crippen molar-refractivity contribution >= 4 is 23.1 Å². The molecule has 0 radical (unpaired) electrons. The first-order chi connectivity index (χ1) is 13.8. The SMILES string of the molecule is CC.CON=Cc1cnc2c(N3CCOCC3)nc(-c3ccccc3)nc2c1. The van der Waals surface area contributed by atoms with Gasteiger partial charge in [0.05, 0.1) is 24.9 Å². The maximum absolute atomic E-state index is 5.47. The molecule has 3 aromatic rings. The van der Waals surface area contributed by atoms with Gasteiger partial charge >= 0.3 is 0 Å². The summed E-state index contributed by atoms with van der Waals surface area (Å²) in [6.45, 7) is 6.94. The summed E-state index contributed by atoms with van der Waals surface area (Å²) in [7, 11) is 1.51. The maximum atomic E-state index is 5.47. The largest absolute Gasteiger partial charge is 0.399 e. The molecule has 0 aliphatic carbocycles.